The number of methoxy groups -OCH3 is 1. The highest BCUT2D eigenvalue weighted by Crippen LogP contribution is 2.35. The number of aryl methyl sites for hydroxylation is 2. The lowest BCUT2D eigenvalue weighted by Gasteiger charge is -2.18. The number of benzene rings is 2. The molecule has 1 aliphatic heterocycles. The normalized spacial score (nSPS) is 14.9. The van der Waals surface area contributed by atoms with E-state index in [2.05, 4.69) is 21.2 Å². The lowest BCUT2D eigenvalue weighted by Crippen LogP contribution is -2.34. The second kappa shape index (κ2) is 10.7. The van der Waals surface area contributed by atoms with E-state index in [4.69, 9.17) is 21.7 Å². The number of carbonyl (C=O) groups excluding carboxylic acids is 2. The molecule has 9 heteroatoms. The number of ether oxygens (including phenoxy) is 2. The first kappa shape index (κ1) is 25.3. The summed E-state index contributed by atoms with van der Waals surface area (Å²) in [7, 11) is 1.53. The van der Waals surface area contributed by atoms with Gasteiger partial charge in [-0.2, -0.15) is 0 Å². The van der Waals surface area contributed by atoms with Crippen LogP contribution in [0.15, 0.2) is 39.7 Å². The standard InChI is InChI=1S/C24H25BrN2O4S2/c1-13(2)27-23(29)20(33-24(27)32)11-16-6-7-18(19(10-16)30-5)31-12-21(28)26-22-14(3)8-17(25)9-15(22)4/h6-11,13H,12H2,1-5H3,(H,26,28)/b20-11-. The molecule has 0 aliphatic carbocycles. The zero-order valence-electron chi connectivity index (χ0n) is 19.0. The Morgan fingerprint density at radius 1 is 1.21 bits per heavy atom. The van der Waals surface area contributed by atoms with Crippen LogP contribution in [0.5, 0.6) is 11.5 Å². The Morgan fingerprint density at radius 3 is 2.45 bits per heavy atom. The molecular weight excluding hydrogens is 524 g/mol. The first-order valence-corrected chi connectivity index (χ1v) is 12.3. The molecule has 1 fully saturated rings. The van der Waals surface area contributed by atoms with E-state index >= 15 is 0 Å². The van der Waals surface area contributed by atoms with Crippen LogP contribution in [0.1, 0.15) is 30.5 Å². The van der Waals surface area contributed by atoms with Crippen molar-refractivity contribution in [2.75, 3.05) is 19.0 Å². The van der Waals surface area contributed by atoms with Gasteiger partial charge in [-0.25, -0.2) is 0 Å². The predicted octanol–water partition coefficient (Wildman–Crippen LogP) is 5.70. The fourth-order valence-corrected chi connectivity index (χ4v) is 5.61. The van der Waals surface area contributed by atoms with Crippen LogP contribution >= 0.6 is 39.9 Å². The molecule has 33 heavy (non-hydrogen) atoms. The number of thiocarbonyl (C=S) groups is 1. The molecule has 0 spiro atoms. The van der Waals surface area contributed by atoms with Crippen LogP contribution < -0.4 is 14.8 Å². The second-order valence-corrected chi connectivity index (χ2v) is 10.4. The summed E-state index contributed by atoms with van der Waals surface area (Å²) in [5.74, 6) is 0.525. The summed E-state index contributed by atoms with van der Waals surface area (Å²) in [5.41, 5.74) is 3.46. The molecule has 1 heterocycles. The molecule has 0 radical (unpaired) electrons. The minimum Gasteiger partial charge on any atom is -0.493 e. The largest absolute Gasteiger partial charge is 0.493 e. The quantitative estimate of drug-likeness (QED) is 0.353. The lowest BCUT2D eigenvalue weighted by molar-refractivity contribution is -0.123. The van der Waals surface area contributed by atoms with Crippen molar-refractivity contribution in [3.63, 3.8) is 0 Å². The van der Waals surface area contributed by atoms with Crippen molar-refractivity contribution in [1.82, 2.24) is 4.90 Å². The molecule has 0 atom stereocenters. The molecule has 0 unspecified atom stereocenters. The molecular formula is C24H25BrN2O4S2. The third-order valence-electron chi connectivity index (χ3n) is 4.95. The number of carbonyl (C=O) groups is 2. The highest BCUT2D eigenvalue weighted by molar-refractivity contribution is 9.10. The number of nitrogens with one attached hydrogen (secondary N) is 1. The van der Waals surface area contributed by atoms with Gasteiger partial charge in [-0.05, 0) is 74.7 Å². The first-order valence-electron chi connectivity index (χ1n) is 10.2. The van der Waals surface area contributed by atoms with E-state index < -0.39 is 0 Å². The summed E-state index contributed by atoms with van der Waals surface area (Å²) in [4.78, 5) is 27.3. The van der Waals surface area contributed by atoms with E-state index in [0.717, 1.165) is 26.9 Å². The van der Waals surface area contributed by atoms with Gasteiger partial charge in [-0.15, -0.1) is 0 Å². The fourth-order valence-electron chi connectivity index (χ4n) is 3.40. The van der Waals surface area contributed by atoms with Gasteiger partial charge >= 0.3 is 0 Å². The van der Waals surface area contributed by atoms with E-state index in [1.807, 2.05) is 39.8 Å². The van der Waals surface area contributed by atoms with Gasteiger partial charge in [0.15, 0.2) is 18.1 Å². The Kier molecular flexibility index (Phi) is 8.20. The van der Waals surface area contributed by atoms with Crippen molar-refractivity contribution in [1.29, 1.82) is 0 Å². The van der Waals surface area contributed by atoms with Crippen LogP contribution in [0.2, 0.25) is 0 Å². The third kappa shape index (κ3) is 5.96. The second-order valence-electron chi connectivity index (χ2n) is 7.81. The lowest BCUT2D eigenvalue weighted by atomic mass is 10.1. The average Bonchev–Trinajstić information content (AvgIpc) is 3.02. The average molecular weight is 550 g/mol. The van der Waals surface area contributed by atoms with Gasteiger partial charge < -0.3 is 14.8 Å². The fraction of sp³-hybridized carbons (Fsp3) is 0.292. The molecule has 174 valence electrons. The molecule has 2 aromatic carbocycles. The summed E-state index contributed by atoms with van der Waals surface area (Å²) in [6.07, 6.45) is 1.78. The van der Waals surface area contributed by atoms with E-state index in [0.29, 0.717) is 20.7 Å². The van der Waals surface area contributed by atoms with E-state index in [1.54, 1.807) is 29.2 Å². The maximum atomic E-state index is 12.6. The molecule has 2 aromatic rings. The van der Waals surface area contributed by atoms with Crippen molar-refractivity contribution in [3.8, 4) is 11.5 Å². The predicted molar refractivity (Wildman–Crippen MR) is 141 cm³/mol. The topological polar surface area (TPSA) is 67.9 Å². The Labute approximate surface area is 211 Å². The number of rotatable bonds is 7. The minimum absolute atomic E-state index is 0.00448. The van der Waals surface area contributed by atoms with E-state index in [-0.39, 0.29) is 24.5 Å². The molecule has 0 aromatic heterocycles. The first-order chi connectivity index (χ1) is 15.6. The van der Waals surface area contributed by atoms with Gasteiger partial charge in [0.1, 0.15) is 4.32 Å². The number of halogens is 1. The van der Waals surface area contributed by atoms with Gasteiger partial charge in [0.25, 0.3) is 11.8 Å². The number of hydrogen-bond acceptors (Lipinski definition) is 6. The number of nitrogens with zero attached hydrogens (tertiary/aromatic N) is 1. The number of hydrogen-bond donors (Lipinski definition) is 1. The van der Waals surface area contributed by atoms with Gasteiger partial charge in [-0.1, -0.05) is 46.0 Å². The molecule has 6 nitrogen and oxygen atoms in total. The Hall–Kier alpha value is -2.36. The van der Waals surface area contributed by atoms with Crippen molar-refractivity contribution < 1.29 is 19.1 Å². The molecule has 3 rings (SSSR count). The Balaban J connectivity index is 1.70. The van der Waals surface area contributed by atoms with Crippen LogP contribution in [0.4, 0.5) is 5.69 Å². The number of thioether (sulfide) groups is 1. The van der Waals surface area contributed by atoms with Crippen molar-refractivity contribution in [2.45, 2.75) is 33.7 Å². The van der Waals surface area contributed by atoms with Crippen LogP contribution in [-0.4, -0.2) is 40.8 Å². The molecule has 2 amide bonds. The maximum absolute atomic E-state index is 12.6. The van der Waals surface area contributed by atoms with E-state index in [1.165, 1.54) is 18.9 Å². The summed E-state index contributed by atoms with van der Waals surface area (Å²) >= 11 is 10.1. The van der Waals surface area contributed by atoms with Gasteiger partial charge in [-0.3, -0.25) is 14.5 Å². The summed E-state index contributed by atoms with van der Waals surface area (Å²) < 4.78 is 12.7. The molecule has 1 N–H and O–H groups in total. The molecule has 0 bridgehead atoms. The monoisotopic (exact) mass is 548 g/mol. The van der Waals surface area contributed by atoms with Gasteiger partial charge in [0.05, 0.1) is 12.0 Å². The molecule has 0 saturated carbocycles. The van der Waals surface area contributed by atoms with Crippen LogP contribution in [0.25, 0.3) is 6.08 Å². The van der Waals surface area contributed by atoms with Gasteiger partial charge in [0.2, 0.25) is 0 Å². The smallest absolute Gasteiger partial charge is 0.266 e. The summed E-state index contributed by atoms with van der Waals surface area (Å²) in [5, 5.41) is 2.90. The van der Waals surface area contributed by atoms with Crippen LogP contribution in [0, 0.1) is 13.8 Å². The number of anilines is 1. The third-order valence-corrected chi connectivity index (χ3v) is 6.73. The van der Waals surface area contributed by atoms with Crippen molar-refractivity contribution in [2.24, 2.45) is 0 Å². The van der Waals surface area contributed by atoms with Crippen molar-refractivity contribution in [3.05, 3.63) is 56.4 Å². The summed E-state index contributed by atoms with van der Waals surface area (Å²) in [6, 6.07) is 9.18. The SMILES string of the molecule is COc1cc(/C=C2\SC(=S)N(C(C)C)C2=O)ccc1OCC(=O)Nc1c(C)cc(Br)cc1C. The Bertz CT molecular complexity index is 1120. The highest BCUT2D eigenvalue weighted by Gasteiger charge is 2.33. The maximum Gasteiger partial charge on any atom is 0.266 e. The Morgan fingerprint density at radius 2 is 1.88 bits per heavy atom. The minimum atomic E-state index is -0.271. The zero-order chi connectivity index (χ0) is 24.3. The highest BCUT2D eigenvalue weighted by atomic mass is 79.9. The zero-order valence-corrected chi connectivity index (χ0v) is 22.2. The summed E-state index contributed by atoms with van der Waals surface area (Å²) in [6.45, 7) is 7.56. The van der Waals surface area contributed by atoms with Crippen LogP contribution in [0.3, 0.4) is 0 Å². The van der Waals surface area contributed by atoms with Crippen LogP contribution in [-0.2, 0) is 9.59 Å². The molecule has 1 saturated heterocycles. The number of amides is 2. The van der Waals surface area contributed by atoms with E-state index in [9.17, 15) is 9.59 Å². The van der Waals surface area contributed by atoms with Gasteiger partial charge in [0, 0.05) is 16.2 Å². The van der Waals surface area contributed by atoms with Crippen molar-refractivity contribution >= 4 is 67.8 Å². The molecule has 1 aliphatic rings.